The minimum absolute atomic E-state index is 0. The molecule has 2 amide bonds. The summed E-state index contributed by atoms with van der Waals surface area (Å²) in [5.41, 5.74) is 0. The van der Waals surface area contributed by atoms with Crippen molar-refractivity contribution in [3.8, 4) is 0 Å². The van der Waals surface area contributed by atoms with E-state index in [4.69, 9.17) is 3.32 Å². The van der Waals surface area contributed by atoms with Crippen molar-refractivity contribution in [2.45, 2.75) is 226 Å². The van der Waals surface area contributed by atoms with E-state index >= 15 is 0 Å². The van der Waals surface area contributed by atoms with Crippen LogP contribution in [0.4, 0.5) is 0 Å². The van der Waals surface area contributed by atoms with Gasteiger partial charge in [0.2, 0.25) is 0 Å². The fourth-order valence-corrected chi connectivity index (χ4v) is 7.89. The summed E-state index contributed by atoms with van der Waals surface area (Å²) >= 11 is -2.54. The summed E-state index contributed by atoms with van der Waals surface area (Å²) in [7, 11) is 0. The molecule has 0 radical (unpaired) electrons. The van der Waals surface area contributed by atoms with Crippen LogP contribution in [0, 0.1) is 0 Å². The molecule has 2 N–H and O–H groups in total. The molecule has 0 aromatic heterocycles. The second-order valence-corrected chi connectivity index (χ2v) is 15.5. The quantitative estimate of drug-likeness (QED) is 0.0602. The zero-order valence-corrected chi connectivity index (χ0v) is 33.9. The second kappa shape index (κ2) is 43.2. The number of nitrogens with one attached hydrogen (secondary N) is 2. The molecule has 0 aromatic rings. The van der Waals surface area contributed by atoms with Gasteiger partial charge in [-0.25, -0.2) is 0 Å². The molecule has 0 saturated carbocycles. The summed E-state index contributed by atoms with van der Waals surface area (Å²) in [6.07, 6.45) is 40.8. The van der Waals surface area contributed by atoms with Crippen LogP contribution >= 0.6 is 0 Å². The van der Waals surface area contributed by atoms with Crippen LogP contribution in [0.5, 0.6) is 0 Å². The van der Waals surface area contributed by atoms with Gasteiger partial charge >= 0.3 is 193 Å². The predicted molar refractivity (Wildman–Crippen MR) is 187 cm³/mol. The number of amides is 2. The van der Waals surface area contributed by atoms with Crippen LogP contribution in [0.3, 0.4) is 0 Å². The van der Waals surface area contributed by atoms with Gasteiger partial charge in [-0.05, 0) is 0 Å². The number of carbonyl (C=O) groups is 2. The molecule has 0 fully saturated rings. The molecule has 0 atom stereocenters. The fourth-order valence-electron chi connectivity index (χ4n) is 5.94. The van der Waals surface area contributed by atoms with Crippen molar-refractivity contribution < 1.29 is 56.5 Å². The second-order valence-electron chi connectivity index (χ2n) is 13.3. The average Bonchev–Trinajstić information content (AvgIpc) is 3.01. The molecule has 0 heterocycles. The third-order valence-corrected chi connectivity index (χ3v) is 11.3. The molecule has 0 rings (SSSR count). The molecular formula is C38H77Cl2N2O3Ti. The van der Waals surface area contributed by atoms with Gasteiger partial charge in [0.25, 0.3) is 0 Å². The first kappa shape index (κ1) is 50.6. The zero-order valence-electron chi connectivity index (χ0n) is 30.8. The summed E-state index contributed by atoms with van der Waals surface area (Å²) < 4.78 is 11.8. The Morgan fingerprint density at radius 1 is 0.391 bits per heavy atom. The van der Waals surface area contributed by atoms with E-state index in [0.29, 0.717) is 19.4 Å². The minimum Gasteiger partial charge on any atom is -1.00 e. The summed E-state index contributed by atoms with van der Waals surface area (Å²) in [5.74, 6) is 0.0748. The van der Waals surface area contributed by atoms with Crippen LogP contribution in [0.2, 0.25) is 0 Å². The zero-order chi connectivity index (χ0) is 32.2. The van der Waals surface area contributed by atoms with E-state index in [1.807, 2.05) is 6.92 Å². The molecule has 0 unspecified atom stereocenters. The van der Waals surface area contributed by atoms with Gasteiger partial charge in [0.1, 0.15) is 0 Å². The summed E-state index contributed by atoms with van der Waals surface area (Å²) in [6.45, 7) is 7.01. The molecule has 8 heteroatoms. The van der Waals surface area contributed by atoms with Gasteiger partial charge in [-0.3, -0.25) is 0 Å². The van der Waals surface area contributed by atoms with Crippen LogP contribution < -0.4 is 32.4 Å². The largest absolute Gasteiger partial charge is 1.00 e. The van der Waals surface area contributed by atoms with E-state index in [9.17, 15) is 9.59 Å². The molecule has 0 bridgehead atoms. The molecule has 0 aliphatic rings. The molecular weight excluding hydrogens is 651 g/mol. The molecule has 0 spiro atoms. The summed E-state index contributed by atoms with van der Waals surface area (Å²) in [5, 5.41) is 0. The van der Waals surface area contributed by atoms with Crippen molar-refractivity contribution in [3.63, 3.8) is 0 Å². The van der Waals surface area contributed by atoms with E-state index in [1.54, 1.807) is 0 Å². The van der Waals surface area contributed by atoms with Crippen molar-refractivity contribution in [2.75, 3.05) is 6.61 Å². The number of hydrogen-bond donors (Lipinski definition) is 2. The van der Waals surface area contributed by atoms with Gasteiger partial charge in [0.05, 0.1) is 0 Å². The van der Waals surface area contributed by atoms with E-state index in [0.717, 1.165) is 25.7 Å². The smallest absolute Gasteiger partial charge is 1.00 e. The Bertz CT molecular complexity index is 568. The van der Waals surface area contributed by atoms with Crippen LogP contribution in [-0.2, 0) is 31.7 Å². The van der Waals surface area contributed by atoms with E-state index in [1.165, 1.54) is 167 Å². The fraction of sp³-hybridized carbons (Fsp3) is 0.947. The van der Waals surface area contributed by atoms with Crippen molar-refractivity contribution in [3.05, 3.63) is 0 Å². The number of carbonyl (C=O) groups excluding carboxylic acids is 2. The maximum atomic E-state index is 12.5. The van der Waals surface area contributed by atoms with Crippen molar-refractivity contribution >= 4 is 11.8 Å². The van der Waals surface area contributed by atoms with Gasteiger partial charge in [0, 0.05) is 0 Å². The van der Waals surface area contributed by atoms with Crippen LogP contribution in [0.15, 0.2) is 0 Å². The molecule has 0 aliphatic heterocycles. The van der Waals surface area contributed by atoms with Gasteiger partial charge in [-0.15, -0.1) is 0 Å². The number of hydrogen-bond acceptors (Lipinski definition) is 3. The van der Waals surface area contributed by atoms with Gasteiger partial charge < -0.3 is 24.8 Å². The third kappa shape index (κ3) is 40.4. The van der Waals surface area contributed by atoms with Crippen LogP contribution in [-0.4, -0.2) is 18.4 Å². The Labute approximate surface area is 307 Å². The number of unbranched alkanes of at least 4 members (excludes halogenated alkanes) is 28. The molecule has 0 aromatic carbocycles. The number of halogens is 2. The monoisotopic (exact) mass is 727 g/mol. The topological polar surface area (TPSA) is 67.4 Å². The summed E-state index contributed by atoms with van der Waals surface area (Å²) in [6, 6.07) is 0. The Hall–Kier alpha value is 0.194. The van der Waals surface area contributed by atoms with E-state index in [2.05, 4.69) is 21.4 Å². The van der Waals surface area contributed by atoms with Crippen LogP contribution in [0.1, 0.15) is 226 Å². The molecule has 275 valence electrons. The van der Waals surface area contributed by atoms with Gasteiger partial charge in [-0.2, -0.15) is 0 Å². The molecule has 0 saturated heterocycles. The Morgan fingerprint density at radius 2 is 0.609 bits per heavy atom. The molecule has 46 heavy (non-hydrogen) atoms. The predicted octanol–water partition coefficient (Wildman–Crippen LogP) is 6.15. The maximum absolute atomic E-state index is 12.5. The Kier molecular flexibility index (Phi) is 47.5. The first-order chi connectivity index (χ1) is 21.6. The van der Waals surface area contributed by atoms with E-state index < -0.39 is 18.8 Å². The number of rotatable bonds is 36. The average molecular weight is 729 g/mol. The van der Waals surface area contributed by atoms with E-state index in [-0.39, 0.29) is 36.6 Å². The van der Waals surface area contributed by atoms with Crippen molar-refractivity contribution in [1.82, 2.24) is 7.60 Å². The first-order valence-electron chi connectivity index (χ1n) is 19.7. The maximum Gasteiger partial charge on any atom is -1.00 e. The van der Waals surface area contributed by atoms with Crippen LogP contribution in [0.25, 0.3) is 0 Å². The molecule has 0 aliphatic carbocycles. The Balaban J connectivity index is -0.00000924. The Morgan fingerprint density at radius 3 is 0.826 bits per heavy atom. The molecule has 5 nitrogen and oxygen atoms in total. The standard InChI is InChI=1S/2C18H37NO.C2H5O.2ClH.Ti/c2*1-2-3-4-5-6-7-8-9-10-11-12-13-14-15-16-17-18(19)20;1-2-3;;;/h2*2-17H2,1H3,(H2,19,20);2H2,1H3;2*1H;/q;;-1;;;+5/p-4. The van der Waals surface area contributed by atoms with Crippen molar-refractivity contribution in [1.29, 1.82) is 0 Å². The minimum atomic E-state index is -2.54. The summed E-state index contributed by atoms with van der Waals surface area (Å²) in [4.78, 5) is 24.9. The van der Waals surface area contributed by atoms with Gasteiger partial charge in [0.15, 0.2) is 0 Å². The SMILES string of the molecule is CCCCCCCCCCCCCCCCCC(=O)[NH][Ti+2]([NH]C(=O)CCCCCCCCCCCCCCCCC)[O]CC.[Cl-].[Cl-]. The van der Waals surface area contributed by atoms with Gasteiger partial charge in [-0.1, -0.05) is 90.9 Å². The van der Waals surface area contributed by atoms with Crippen molar-refractivity contribution in [2.24, 2.45) is 0 Å². The third-order valence-electron chi connectivity index (χ3n) is 8.81. The normalized spacial score (nSPS) is 10.7. The first-order valence-corrected chi connectivity index (χ1v) is 21.9.